The van der Waals surface area contributed by atoms with Gasteiger partial charge in [0.1, 0.15) is 6.29 Å². The number of aldehydes is 1. The summed E-state index contributed by atoms with van der Waals surface area (Å²) in [5, 5.41) is 0. The average molecular weight is 200 g/mol. The van der Waals surface area contributed by atoms with Gasteiger partial charge >= 0.3 is 0 Å². The molecule has 0 aromatic heterocycles. The normalized spacial score (nSPS) is 15.5. The van der Waals surface area contributed by atoms with Gasteiger partial charge in [0.05, 0.1) is 0 Å². The van der Waals surface area contributed by atoms with E-state index in [9.17, 15) is 4.79 Å². The third-order valence-corrected chi connectivity index (χ3v) is 3.17. The third-order valence-electron chi connectivity index (χ3n) is 3.17. The second kappa shape index (κ2) is 3.65. The van der Waals surface area contributed by atoms with Crippen molar-refractivity contribution in [2.45, 2.75) is 26.7 Å². The highest BCUT2D eigenvalue weighted by Crippen LogP contribution is 2.34. The monoisotopic (exact) mass is 200 g/mol. The minimum Gasteiger partial charge on any atom is -0.302 e. The van der Waals surface area contributed by atoms with Gasteiger partial charge in [0, 0.05) is 5.41 Å². The van der Waals surface area contributed by atoms with Gasteiger partial charge in [0.15, 0.2) is 0 Å². The van der Waals surface area contributed by atoms with Crippen LogP contribution in [0.3, 0.4) is 0 Å². The molecule has 1 heteroatoms. The van der Waals surface area contributed by atoms with Crippen LogP contribution in [0.2, 0.25) is 0 Å². The number of hydrogen-bond donors (Lipinski definition) is 0. The topological polar surface area (TPSA) is 17.1 Å². The number of rotatable bonds is 2. The molecule has 0 saturated carbocycles. The molecule has 1 aliphatic rings. The van der Waals surface area contributed by atoms with Gasteiger partial charge < -0.3 is 4.79 Å². The number of aryl methyl sites for hydroxylation is 1. The zero-order chi connectivity index (χ0) is 10.9. The summed E-state index contributed by atoms with van der Waals surface area (Å²) in [5.74, 6) is 0. The van der Waals surface area contributed by atoms with Crippen molar-refractivity contribution in [2.24, 2.45) is 5.41 Å². The van der Waals surface area contributed by atoms with E-state index in [2.05, 4.69) is 24.3 Å². The standard InChI is InChI=1S/C14H16O/c1-14(2,10-15)13-8-7-11-5-3-4-6-12(11)9-13/h3-6,9-10H,7-8H2,1-2H3. The van der Waals surface area contributed by atoms with Gasteiger partial charge in [-0.1, -0.05) is 35.9 Å². The highest BCUT2D eigenvalue weighted by Gasteiger charge is 2.24. The van der Waals surface area contributed by atoms with Gasteiger partial charge in [0.2, 0.25) is 0 Å². The molecule has 1 aromatic rings. The quantitative estimate of drug-likeness (QED) is 0.670. The Morgan fingerprint density at radius 2 is 1.93 bits per heavy atom. The van der Waals surface area contributed by atoms with Gasteiger partial charge in [-0.05, 0) is 37.8 Å². The van der Waals surface area contributed by atoms with E-state index in [0.29, 0.717) is 0 Å². The minimum absolute atomic E-state index is 0.312. The number of carbonyl (C=O) groups is 1. The first-order chi connectivity index (χ1) is 7.13. The van der Waals surface area contributed by atoms with Crippen LogP contribution in [0.4, 0.5) is 0 Å². The molecule has 0 atom stereocenters. The van der Waals surface area contributed by atoms with Crippen molar-refractivity contribution in [1.82, 2.24) is 0 Å². The largest absolute Gasteiger partial charge is 0.302 e. The van der Waals surface area contributed by atoms with Gasteiger partial charge in [-0.2, -0.15) is 0 Å². The molecule has 0 unspecified atom stereocenters. The Hall–Kier alpha value is -1.37. The second-order valence-corrected chi connectivity index (χ2v) is 4.71. The highest BCUT2D eigenvalue weighted by molar-refractivity contribution is 5.71. The lowest BCUT2D eigenvalue weighted by Gasteiger charge is -2.25. The maximum Gasteiger partial charge on any atom is 0.129 e. The number of hydrogen-bond acceptors (Lipinski definition) is 1. The number of allylic oxidation sites excluding steroid dienone is 1. The molecule has 1 aliphatic carbocycles. The molecule has 0 N–H and O–H groups in total. The van der Waals surface area contributed by atoms with Crippen LogP contribution in [0, 0.1) is 5.41 Å². The lowest BCUT2D eigenvalue weighted by molar-refractivity contribution is -0.113. The Kier molecular flexibility index (Phi) is 2.47. The summed E-state index contributed by atoms with van der Waals surface area (Å²) in [4.78, 5) is 11.0. The maximum absolute atomic E-state index is 11.0. The Balaban J connectivity index is 2.41. The molecule has 0 amide bonds. The van der Waals surface area contributed by atoms with Crippen molar-refractivity contribution in [1.29, 1.82) is 0 Å². The van der Waals surface area contributed by atoms with Crippen molar-refractivity contribution in [3.05, 3.63) is 41.0 Å². The molecule has 0 bridgehead atoms. The molecule has 1 aromatic carbocycles. The fraction of sp³-hybridized carbons (Fsp3) is 0.357. The van der Waals surface area contributed by atoms with Crippen LogP contribution in [0.25, 0.3) is 6.08 Å². The van der Waals surface area contributed by atoms with Crippen LogP contribution in [0.1, 0.15) is 31.4 Å². The summed E-state index contributed by atoms with van der Waals surface area (Å²) in [6.07, 6.45) is 5.28. The van der Waals surface area contributed by atoms with E-state index in [1.165, 1.54) is 16.7 Å². The zero-order valence-electron chi connectivity index (χ0n) is 9.29. The molecule has 0 aliphatic heterocycles. The zero-order valence-corrected chi connectivity index (χ0v) is 9.29. The molecule has 0 saturated heterocycles. The maximum atomic E-state index is 11.0. The molecule has 0 heterocycles. The van der Waals surface area contributed by atoms with Crippen molar-refractivity contribution < 1.29 is 4.79 Å². The summed E-state index contributed by atoms with van der Waals surface area (Å²) in [5.41, 5.74) is 3.60. The Bertz CT molecular complexity index is 413. The van der Waals surface area contributed by atoms with E-state index < -0.39 is 0 Å². The van der Waals surface area contributed by atoms with Gasteiger partial charge in [0.25, 0.3) is 0 Å². The summed E-state index contributed by atoms with van der Waals surface area (Å²) < 4.78 is 0. The lowest BCUT2D eigenvalue weighted by atomic mass is 9.78. The number of fused-ring (bicyclic) bond motifs is 1. The Morgan fingerprint density at radius 3 is 2.67 bits per heavy atom. The first kappa shape index (κ1) is 10.2. The molecule has 15 heavy (non-hydrogen) atoms. The predicted molar refractivity (Wildman–Crippen MR) is 62.6 cm³/mol. The molecule has 0 spiro atoms. The van der Waals surface area contributed by atoms with Crippen molar-refractivity contribution in [3.63, 3.8) is 0 Å². The van der Waals surface area contributed by atoms with E-state index in [4.69, 9.17) is 0 Å². The van der Waals surface area contributed by atoms with Crippen molar-refractivity contribution in [2.75, 3.05) is 0 Å². The predicted octanol–water partition coefficient (Wildman–Crippen LogP) is 3.24. The van der Waals surface area contributed by atoms with Gasteiger partial charge in [-0.25, -0.2) is 0 Å². The molecular formula is C14H16O. The molecule has 2 rings (SSSR count). The van der Waals surface area contributed by atoms with Crippen LogP contribution < -0.4 is 0 Å². The van der Waals surface area contributed by atoms with E-state index in [-0.39, 0.29) is 5.41 Å². The fourth-order valence-corrected chi connectivity index (χ4v) is 2.02. The molecular weight excluding hydrogens is 184 g/mol. The highest BCUT2D eigenvalue weighted by atomic mass is 16.1. The number of carbonyl (C=O) groups excluding carboxylic acids is 1. The first-order valence-electron chi connectivity index (χ1n) is 5.39. The Morgan fingerprint density at radius 1 is 1.20 bits per heavy atom. The smallest absolute Gasteiger partial charge is 0.129 e. The number of benzene rings is 1. The first-order valence-corrected chi connectivity index (χ1v) is 5.39. The molecule has 78 valence electrons. The molecule has 0 fully saturated rings. The minimum atomic E-state index is -0.312. The van der Waals surface area contributed by atoms with E-state index in [0.717, 1.165) is 19.1 Å². The fourth-order valence-electron chi connectivity index (χ4n) is 2.02. The van der Waals surface area contributed by atoms with Gasteiger partial charge in [-0.3, -0.25) is 0 Å². The van der Waals surface area contributed by atoms with E-state index >= 15 is 0 Å². The average Bonchev–Trinajstić information content (AvgIpc) is 2.28. The summed E-state index contributed by atoms with van der Waals surface area (Å²) >= 11 is 0. The lowest BCUT2D eigenvalue weighted by Crippen LogP contribution is -2.18. The van der Waals surface area contributed by atoms with E-state index in [1.807, 2.05) is 19.9 Å². The van der Waals surface area contributed by atoms with Crippen molar-refractivity contribution >= 4 is 12.4 Å². The Labute approximate surface area is 90.8 Å². The van der Waals surface area contributed by atoms with Crippen LogP contribution >= 0.6 is 0 Å². The van der Waals surface area contributed by atoms with Crippen LogP contribution in [0.5, 0.6) is 0 Å². The third kappa shape index (κ3) is 1.87. The van der Waals surface area contributed by atoms with Gasteiger partial charge in [-0.15, -0.1) is 0 Å². The van der Waals surface area contributed by atoms with Crippen molar-refractivity contribution in [3.8, 4) is 0 Å². The van der Waals surface area contributed by atoms with E-state index in [1.54, 1.807) is 0 Å². The molecule has 0 radical (unpaired) electrons. The van der Waals surface area contributed by atoms with Crippen LogP contribution in [-0.2, 0) is 11.2 Å². The summed E-state index contributed by atoms with van der Waals surface area (Å²) in [7, 11) is 0. The SMILES string of the molecule is CC(C)(C=O)C1=Cc2ccccc2CC1. The van der Waals surface area contributed by atoms with Crippen LogP contribution in [0.15, 0.2) is 29.8 Å². The van der Waals surface area contributed by atoms with Crippen LogP contribution in [-0.4, -0.2) is 6.29 Å². The summed E-state index contributed by atoms with van der Waals surface area (Å²) in [6.45, 7) is 3.97. The summed E-state index contributed by atoms with van der Waals surface area (Å²) in [6, 6.07) is 8.40. The molecule has 1 nitrogen and oxygen atoms in total. The second-order valence-electron chi connectivity index (χ2n) is 4.71.